The molecule has 2 rings (SSSR count). The van der Waals surface area contributed by atoms with E-state index in [4.69, 9.17) is 24.2 Å². The van der Waals surface area contributed by atoms with Crippen molar-refractivity contribution in [3.63, 3.8) is 0 Å². The molecule has 0 saturated carbocycles. The van der Waals surface area contributed by atoms with E-state index in [0.29, 0.717) is 5.75 Å². The van der Waals surface area contributed by atoms with Crippen molar-refractivity contribution in [3.8, 4) is 5.75 Å². The molecule has 1 fully saturated rings. The Labute approximate surface area is 139 Å². The highest BCUT2D eigenvalue weighted by Gasteiger charge is 2.48. The summed E-state index contributed by atoms with van der Waals surface area (Å²) in [6, 6.07) is 7.54. The van der Waals surface area contributed by atoms with Gasteiger partial charge < -0.3 is 39.7 Å². The summed E-state index contributed by atoms with van der Waals surface area (Å²) < 4.78 is 16.0. The van der Waals surface area contributed by atoms with E-state index < -0.39 is 50.5 Å². The molecule has 10 heteroatoms. The lowest BCUT2D eigenvalue weighted by Crippen LogP contribution is -2.66. The van der Waals surface area contributed by atoms with Gasteiger partial charge in [0.25, 0.3) is 0 Å². The third-order valence-corrected chi connectivity index (χ3v) is 3.50. The zero-order valence-corrected chi connectivity index (χ0v) is 13.0. The Morgan fingerprint density at radius 2 is 2.00 bits per heavy atom. The Hall–Kier alpha value is -1.69. The van der Waals surface area contributed by atoms with Crippen molar-refractivity contribution < 1.29 is 39.2 Å². The lowest BCUT2D eigenvalue weighted by molar-refractivity contribution is -0.243. The summed E-state index contributed by atoms with van der Waals surface area (Å²) in [5.41, 5.74) is 0. The molecule has 0 radical (unpaired) electrons. The van der Waals surface area contributed by atoms with Gasteiger partial charge in [0.05, 0.1) is 6.61 Å². The quantitative estimate of drug-likeness (QED) is 0.375. The van der Waals surface area contributed by atoms with E-state index >= 15 is 0 Å². The molecule has 9 nitrogen and oxygen atoms in total. The number of hydrogen-bond donors (Lipinski definition) is 5. The minimum atomic E-state index is -2.17. The lowest BCUT2D eigenvalue weighted by Gasteiger charge is -2.43. The Bertz CT molecular complexity index is 531. The van der Waals surface area contributed by atoms with Gasteiger partial charge in [0.15, 0.2) is 0 Å². The molecule has 1 amide bonds. The highest BCUT2D eigenvalue weighted by atomic mass is 16.7. The van der Waals surface area contributed by atoms with Crippen molar-refractivity contribution in [3.05, 3.63) is 30.3 Å². The second kappa shape index (κ2) is 8.42. The van der Waals surface area contributed by atoms with Crippen LogP contribution in [0.2, 0.25) is 0 Å². The van der Waals surface area contributed by atoms with Crippen LogP contribution in [0, 0.1) is 0 Å². The largest absolute Gasteiger partial charge is 0.634 e. The van der Waals surface area contributed by atoms with E-state index in [1.54, 1.807) is 30.3 Å². The molecule has 24 heavy (non-hydrogen) atoms. The van der Waals surface area contributed by atoms with Crippen LogP contribution >= 0.6 is 0 Å². The maximum Gasteiger partial charge on any atom is 0.634 e. The van der Waals surface area contributed by atoms with Gasteiger partial charge in [0.2, 0.25) is 12.2 Å². The van der Waals surface area contributed by atoms with Crippen LogP contribution in [0.5, 0.6) is 5.75 Å². The van der Waals surface area contributed by atoms with Gasteiger partial charge in [-0.3, -0.25) is 4.79 Å². The second-order valence-electron chi connectivity index (χ2n) is 5.30. The monoisotopic (exact) mass is 341 g/mol. The predicted octanol–water partition coefficient (Wildman–Crippen LogP) is -2.00. The smallest absolute Gasteiger partial charge is 0.463 e. The predicted molar refractivity (Wildman–Crippen MR) is 81.5 cm³/mol. The highest BCUT2D eigenvalue weighted by molar-refractivity contribution is 6.32. The summed E-state index contributed by atoms with van der Waals surface area (Å²) in [5.74, 6) is -0.0154. The second-order valence-corrected chi connectivity index (χ2v) is 5.30. The van der Waals surface area contributed by atoms with Crippen LogP contribution in [0.15, 0.2) is 30.3 Å². The number of hydrogen-bond acceptors (Lipinski definition) is 8. The van der Waals surface area contributed by atoms with Gasteiger partial charge in [0, 0.05) is 6.92 Å². The molecule has 1 unspecified atom stereocenters. The zero-order valence-electron chi connectivity index (χ0n) is 13.0. The maximum absolute atomic E-state index is 11.4. The Morgan fingerprint density at radius 1 is 1.33 bits per heavy atom. The summed E-state index contributed by atoms with van der Waals surface area (Å²) in [6.45, 7) is 0.692. The number of para-hydroxylation sites is 1. The van der Waals surface area contributed by atoms with Gasteiger partial charge >= 0.3 is 7.32 Å². The molecule has 1 aromatic rings. The molecule has 0 bridgehead atoms. The van der Waals surface area contributed by atoms with E-state index in [9.17, 15) is 15.0 Å². The Balaban J connectivity index is 2.22. The fraction of sp³-hybridized carbons (Fsp3) is 0.500. The first-order valence-corrected chi connectivity index (χ1v) is 7.37. The highest BCUT2D eigenvalue weighted by Crippen LogP contribution is 2.26. The molecule has 5 atom stereocenters. The molecular weight excluding hydrogens is 321 g/mol. The first kappa shape index (κ1) is 18.7. The average molecular weight is 341 g/mol. The van der Waals surface area contributed by atoms with Crippen molar-refractivity contribution in [2.24, 2.45) is 0 Å². The number of amides is 1. The molecular formula is C14H20BNO8. The van der Waals surface area contributed by atoms with E-state index in [1.807, 2.05) is 0 Å². The van der Waals surface area contributed by atoms with Crippen LogP contribution in [-0.4, -0.2) is 70.7 Å². The van der Waals surface area contributed by atoms with Crippen molar-refractivity contribution in [2.45, 2.75) is 37.6 Å². The molecule has 132 valence electrons. The standard InChI is InChI=1S/C14H20BNO8/c1-8(18)16-11-12(19)13(24-15(20)21)10(7-17)23-14(11)22-9-5-3-2-4-6-9/h2-6,10-14,17,19-21H,7H2,1H3,(H,16,18)/t10-,11-,12-,13-,14?/m1/s1. The van der Waals surface area contributed by atoms with Crippen LogP contribution in [0.3, 0.4) is 0 Å². The van der Waals surface area contributed by atoms with E-state index in [-0.39, 0.29) is 0 Å². The van der Waals surface area contributed by atoms with Crippen molar-refractivity contribution in [1.29, 1.82) is 0 Å². The van der Waals surface area contributed by atoms with Gasteiger partial charge in [-0.25, -0.2) is 0 Å². The van der Waals surface area contributed by atoms with E-state index in [2.05, 4.69) is 5.32 Å². The third-order valence-electron chi connectivity index (χ3n) is 3.50. The summed E-state index contributed by atoms with van der Waals surface area (Å²) in [7, 11) is -2.17. The van der Waals surface area contributed by atoms with E-state index in [0.717, 1.165) is 0 Å². The molecule has 0 aliphatic carbocycles. The normalized spacial score (nSPS) is 29.8. The van der Waals surface area contributed by atoms with Crippen LogP contribution in [0.25, 0.3) is 0 Å². The number of nitrogens with one attached hydrogen (secondary N) is 1. The number of carbonyl (C=O) groups is 1. The van der Waals surface area contributed by atoms with Crippen LogP contribution in [-0.2, 0) is 14.2 Å². The molecule has 0 spiro atoms. The number of rotatable bonds is 6. The Kier molecular flexibility index (Phi) is 6.55. The first-order chi connectivity index (χ1) is 11.4. The van der Waals surface area contributed by atoms with Crippen molar-refractivity contribution in [2.75, 3.05) is 6.61 Å². The van der Waals surface area contributed by atoms with Crippen LogP contribution in [0.1, 0.15) is 6.92 Å². The minimum Gasteiger partial charge on any atom is -0.463 e. The van der Waals surface area contributed by atoms with Gasteiger partial charge in [-0.05, 0) is 12.1 Å². The Morgan fingerprint density at radius 3 is 2.54 bits per heavy atom. The van der Waals surface area contributed by atoms with Gasteiger partial charge in [-0.1, -0.05) is 18.2 Å². The summed E-state index contributed by atoms with van der Waals surface area (Å²) in [6.07, 6.45) is -4.88. The molecule has 0 aromatic heterocycles. The number of aliphatic hydroxyl groups is 2. The number of aliphatic hydroxyl groups excluding tert-OH is 2. The molecule has 1 aromatic carbocycles. The molecule has 1 aliphatic rings. The molecule has 1 aliphatic heterocycles. The fourth-order valence-corrected chi connectivity index (χ4v) is 2.50. The van der Waals surface area contributed by atoms with Crippen LogP contribution < -0.4 is 10.1 Å². The summed E-state index contributed by atoms with van der Waals surface area (Å²) >= 11 is 0. The number of ether oxygens (including phenoxy) is 2. The zero-order chi connectivity index (χ0) is 17.7. The number of benzene rings is 1. The lowest BCUT2D eigenvalue weighted by atomic mass is 9.95. The van der Waals surface area contributed by atoms with Crippen molar-refractivity contribution >= 4 is 13.2 Å². The molecule has 5 N–H and O–H groups in total. The van der Waals surface area contributed by atoms with Gasteiger partial charge in [-0.2, -0.15) is 0 Å². The third kappa shape index (κ3) is 4.66. The van der Waals surface area contributed by atoms with E-state index in [1.165, 1.54) is 6.92 Å². The summed E-state index contributed by atoms with van der Waals surface area (Å²) in [4.78, 5) is 11.4. The van der Waals surface area contributed by atoms with Crippen molar-refractivity contribution in [1.82, 2.24) is 5.32 Å². The topological polar surface area (TPSA) is 138 Å². The average Bonchev–Trinajstić information content (AvgIpc) is 2.53. The first-order valence-electron chi connectivity index (χ1n) is 7.37. The van der Waals surface area contributed by atoms with Gasteiger partial charge in [-0.15, -0.1) is 0 Å². The summed E-state index contributed by atoms with van der Waals surface area (Å²) in [5, 5.41) is 40.3. The van der Waals surface area contributed by atoms with Crippen LogP contribution in [0.4, 0.5) is 0 Å². The SMILES string of the molecule is CC(=O)N[C@H]1C(Oc2ccccc2)O[C@H](CO)[C@@H](OB(O)O)[C@@H]1O. The molecule has 1 heterocycles. The number of carbonyl (C=O) groups excluding carboxylic acids is 1. The van der Waals surface area contributed by atoms with Gasteiger partial charge in [0.1, 0.15) is 30.1 Å². The molecule has 1 saturated heterocycles. The minimum absolute atomic E-state index is 0.434. The fourth-order valence-electron chi connectivity index (χ4n) is 2.50. The maximum atomic E-state index is 11.4.